The molecule has 0 aliphatic carbocycles. The van der Waals surface area contributed by atoms with E-state index in [1.54, 1.807) is 36.3 Å². The molecule has 1 amide bonds. The highest BCUT2D eigenvalue weighted by Crippen LogP contribution is 2.30. The number of rotatable bonds is 7. The lowest BCUT2D eigenvalue weighted by Gasteiger charge is -2.25. The second-order valence-electron chi connectivity index (χ2n) is 9.36. The summed E-state index contributed by atoms with van der Waals surface area (Å²) in [5.41, 5.74) is 6.12. The Labute approximate surface area is 226 Å². The lowest BCUT2D eigenvalue weighted by molar-refractivity contribution is -0.111. The predicted molar refractivity (Wildman–Crippen MR) is 149 cm³/mol. The van der Waals surface area contributed by atoms with E-state index in [2.05, 4.69) is 42.6 Å². The van der Waals surface area contributed by atoms with Crippen molar-refractivity contribution in [2.45, 2.75) is 60.3 Å². The Hall–Kier alpha value is -2.67. The largest absolute Gasteiger partial charge is 0.444 e. The number of amides is 1. The van der Waals surface area contributed by atoms with Crippen molar-refractivity contribution >= 4 is 49.8 Å². The van der Waals surface area contributed by atoms with E-state index in [9.17, 15) is 13.2 Å². The fraction of sp³-hybridized carbons (Fsp3) is 0.400. The van der Waals surface area contributed by atoms with Gasteiger partial charge in [-0.25, -0.2) is 18.4 Å². The molecular weight excluding hydrogens is 531 g/mol. The lowest BCUT2D eigenvalue weighted by atomic mass is 9.94. The molecule has 2 aromatic heterocycles. The van der Waals surface area contributed by atoms with Gasteiger partial charge < -0.3 is 15.5 Å². The minimum absolute atomic E-state index is 0.00479. The number of carbonyl (C=O) groups excluding carboxylic acids is 1. The van der Waals surface area contributed by atoms with Crippen molar-refractivity contribution in [1.29, 1.82) is 0 Å². The Morgan fingerprint density at radius 3 is 2.41 bits per heavy atom. The molecule has 9 nitrogen and oxygen atoms in total. The summed E-state index contributed by atoms with van der Waals surface area (Å²) in [5.74, 6) is 2.04. The second-order valence-corrected chi connectivity index (χ2v) is 13.6. The summed E-state index contributed by atoms with van der Waals surface area (Å²) in [4.78, 5) is 19.7. The number of hydrogen-bond acceptors (Lipinski definition) is 9. The summed E-state index contributed by atoms with van der Waals surface area (Å²) in [7, 11) is -3.41. The number of thioether (sulfide) groups is 1. The number of oxazole rings is 1. The first-order valence-corrected chi connectivity index (χ1v) is 15.1. The number of nitrogen functional groups attached to an aromatic ring is 1. The normalized spacial score (nSPS) is 14.5. The first-order valence-electron chi connectivity index (χ1n) is 11.8. The highest BCUT2D eigenvalue weighted by Gasteiger charge is 2.25. The van der Waals surface area contributed by atoms with Gasteiger partial charge in [0.2, 0.25) is 21.8 Å². The molecule has 1 fully saturated rings. The number of hydrogen-bond donors (Lipinski definition) is 2. The zero-order valence-corrected chi connectivity index (χ0v) is 23.7. The molecule has 12 heteroatoms. The van der Waals surface area contributed by atoms with E-state index in [4.69, 9.17) is 10.2 Å². The Kier molecular flexibility index (Phi) is 9.93. The molecule has 37 heavy (non-hydrogen) atoms. The van der Waals surface area contributed by atoms with Crippen LogP contribution in [0.4, 0.5) is 10.8 Å². The summed E-state index contributed by atoms with van der Waals surface area (Å²) in [6.45, 7) is 10.8. The van der Waals surface area contributed by atoms with Crippen LogP contribution in [0.2, 0.25) is 0 Å². The van der Waals surface area contributed by atoms with Crippen molar-refractivity contribution < 1.29 is 17.6 Å². The van der Waals surface area contributed by atoms with Crippen LogP contribution < -0.4 is 11.1 Å². The van der Waals surface area contributed by atoms with Gasteiger partial charge in [0.25, 0.3) is 0 Å². The summed E-state index contributed by atoms with van der Waals surface area (Å²) >= 11 is 3.12. The Morgan fingerprint density at radius 1 is 1.19 bits per heavy atom. The van der Waals surface area contributed by atoms with Gasteiger partial charge >= 0.3 is 0 Å². The van der Waals surface area contributed by atoms with Gasteiger partial charge in [0, 0.05) is 24.2 Å². The molecule has 1 saturated heterocycles. The summed E-state index contributed by atoms with van der Waals surface area (Å²) in [5, 5.41) is 3.18. The van der Waals surface area contributed by atoms with E-state index >= 15 is 0 Å². The topological polar surface area (TPSA) is 131 Å². The van der Waals surface area contributed by atoms with E-state index in [1.807, 2.05) is 0 Å². The molecule has 0 radical (unpaired) electrons. The van der Waals surface area contributed by atoms with Crippen molar-refractivity contribution in [2.75, 3.05) is 24.1 Å². The Morgan fingerprint density at radius 2 is 1.86 bits per heavy atom. The third-order valence-corrected chi connectivity index (χ3v) is 9.31. The first kappa shape index (κ1) is 28.9. The Bertz CT molecular complexity index is 1290. The zero-order valence-electron chi connectivity index (χ0n) is 21.3. The van der Waals surface area contributed by atoms with E-state index in [1.165, 1.54) is 33.9 Å². The molecule has 3 aromatic rings. The van der Waals surface area contributed by atoms with Crippen LogP contribution in [-0.4, -0.2) is 41.7 Å². The number of nitrogens with two attached hydrogens (primary N) is 1. The quantitative estimate of drug-likeness (QED) is 0.293. The summed E-state index contributed by atoms with van der Waals surface area (Å²) < 4.78 is 33.1. The standard InChI is InChI=1S/C14H18N2O3S.C11H15N3OS2/c1-2-14(17)15-12-6-8-13(9-7-12)20(18,19)16-10-4-3-5-11-16;1-11(2,3)7-4-13-8(15-7)6-16-9-5-14-10(12)17-9/h2,6-9H,1,3-5,10-11H2,(H,15,17);4-5H,6H2,1-3H3,(H2,12,14). The van der Waals surface area contributed by atoms with Crippen LogP contribution in [0, 0.1) is 0 Å². The van der Waals surface area contributed by atoms with Crippen LogP contribution >= 0.6 is 23.1 Å². The molecule has 1 aliphatic rings. The van der Waals surface area contributed by atoms with Gasteiger partial charge in [0.05, 0.1) is 27.3 Å². The number of piperidine rings is 1. The van der Waals surface area contributed by atoms with Crippen LogP contribution in [0.3, 0.4) is 0 Å². The SMILES string of the molecule is C=CC(=O)Nc1ccc(S(=O)(=O)N2CCCCC2)cc1.CC(C)(C)c1cnc(CSc2cnc(N)s2)o1. The van der Waals surface area contributed by atoms with Crippen LogP contribution in [0.25, 0.3) is 0 Å². The third kappa shape index (κ3) is 8.42. The van der Waals surface area contributed by atoms with E-state index < -0.39 is 10.0 Å². The molecule has 4 rings (SSSR count). The van der Waals surface area contributed by atoms with Gasteiger partial charge in [0.15, 0.2) is 5.13 Å². The molecule has 1 aliphatic heterocycles. The average Bonchev–Trinajstić information content (AvgIpc) is 3.53. The number of sulfonamides is 1. The minimum Gasteiger partial charge on any atom is -0.444 e. The van der Waals surface area contributed by atoms with Gasteiger partial charge in [-0.05, 0) is 43.2 Å². The smallest absolute Gasteiger partial charge is 0.247 e. The third-order valence-electron chi connectivity index (χ3n) is 5.39. The number of benzene rings is 1. The van der Waals surface area contributed by atoms with Gasteiger partial charge in [-0.3, -0.25) is 4.79 Å². The van der Waals surface area contributed by atoms with Crippen LogP contribution in [0.1, 0.15) is 51.7 Å². The minimum atomic E-state index is -3.41. The summed E-state index contributed by atoms with van der Waals surface area (Å²) in [6, 6.07) is 6.20. The van der Waals surface area contributed by atoms with Crippen molar-refractivity contribution in [3.05, 3.63) is 61.0 Å². The summed E-state index contributed by atoms with van der Waals surface area (Å²) in [6.07, 6.45) is 7.64. The van der Waals surface area contributed by atoms with Crippen molar-refractivity contribution in [3.63, 3.8) is 0 Å². The van der Waals surface area contributed by atoms with Gasteiger partial charge in [-0.15, -0.1) is 11.8 Å². The number of nitrogens with zero attached hydrogens (tertiary/aromatic N) is 3. The number of anilines is 2. The maximum absolute atomic E-state index is 12.4. The van der Waals surface area contributed by atoms with Crippen LogP contribution in [-0.2, 0) is 26.0 Å². The van der Waals surface area contributed by atoms with E-state index in [0.717, 1.165) is 35.1 Å². The second kappa shape index (κ2) is 12.7. The molecule has 0 saturated carbocycles. The molecular formula is C25H33N5O4S3. The van der Waals surface area contributed by atoms with Crippen molar-refractivity contribution in [1.82, 2.24) is 14.3 Å². The predicted octanol–water partition coefficient (Wildman–Crippen LogP) is 5.29. The zero-order chi connectivity index (χ0) is 27.1. The molecule has 1 aromatic carbocycles. The monoisotopic (exact) mass is 563 g/mol. The average molecular weight is 564 g/mol. The Balaban J connectivity index is 0.000000208. The first-order chi connectivity index (χ1) is 17.5. The van der Waals surface area contributed by atoms with Crippen LogP contribution in [0.5, 0.6) is 0 Å². The van der Waals surface area contributed by atoms with Gasteiger partial charge in [-0.2, -0.15) is 4.31 Å². The molecule has 0 unspecified atom stereocenters. The lowest BCUT2D eigenvalue weighted by Crippen LogP contribution is -2.35. The van der Waals surface area contributed by atoms with Gasteiger partial charge in [0.1, 0.15) is 5.76 Å². The number of carbonyl (C=O) groups is 1. The van der Waals surface area contributed by atoms with Gasteiger partial charge in [-0.1, -0.05) is 45.1 Å². The number of nitrogens with one attached hydrogen (secondary N) is 1. The molecule has 0 atom stereocenters. The maximum Gasteiger partial charge on any atom is 0.247 e. The molecule has 0 spiro atoms. The van der Waals surface area contributed by atoms with Crippen LogP contribution in [0.15, 0.2) is 62.8 Å². The van der Waals surface area contributed by atoms with Crippen molar-refractivity contribution in [3.8, 4) is 0 Å². The number of thiazole rings is 1. The molecule has 0 bridgehead atoms. The molecule has 200 valence electrons. The molecule has 3 N–H and O–H groups in total. The fourth-order valence-corrected chi connectivity index (χ4v) is 6.48. The maximum atomic E-state index is 12.4. The number of aromatic nitrogens is 2. The highest BCUT2D eigenvalue weighted by atomic mass is 32.2. The van der Waals surface area contributed by atoms with E-state index in [0.29, 0.717) is 29.7 Å². The highest BCUT2D eigenvalue weighted by molar-refractivity contribution is 8.00. The van der Waals surface area contributed by atoms with E-state index in [-0.39, 0.29) is 16.2 Å². The molecule has 3 heterocycles. The van der Waals surface area contributed by atoms with Crippen molar-refractivity contribution in [2.24, 2.45) is 0 Å². The fourth-order valence-electron chi connectivity index (χ4n) is 3.35.